The predicted octanol–water partition coefficient (Wildman–Crippen LogP) is 2.90. The number of benzene rings is 1. The molecule has 0 aromatic heterocycles. The van der Waals surface area contributed by atoms with Gasteiger partial charge in [-0.2, -0.15) is 0 Å². The molecule has 23 heavy (non-hydrogen) atoms. The molecule has 1 heterocycles. The van der Waals surface area contributed by atoms with Gasteiger partial charge in [0.25, 0.3) is 0 Å². The number of halogens is 1. The van der Waals surface area contributed by atoms with Gasteiger partial charge in [0.05, 0.1) is 6.54 Å². The molecule has 0 radical (unpaired) electrons. The highest BCUT2D eigenvalue weighted by atomic mass is 127. The van der Waals surface area contributed by atoms with E-state index >= 15 is 0 Å². The van der Waals surface area contributed by atoms with Gasteiger partial charge >= 0.3 is 0 Å². The SMILES string of the molecule is CCCNC(=NCc1ccc(N2CCCC2=O)cc1)NCC.I. The van der Waals surface area contributed by atoms with E-state index in [4.69, 9.17) is 0 Å². The highest BCUT2D eigenvalue weighted by Gasteiger charge is 2.21. The van der Waals surface area contributed by atoms with E-state index in [1.165, 1.54) is 0 Å². The van der Waals surface area contributed by atoms with Crippen LogP contribution in [-0.4, -0.2) is 31.5 Å². The molecule has 6 heteroatoms. The molecule has 1 saturated heterocycles. The third-order valence-electron chi connectivity index (χ3n) is 3.63. The van der Waals surface area contributed by atoms with Gasteiger partial charge in [-0.3, -0.25) is 4.79 Å². The first-order valence-electron chi connectivity index (χ1n) is 8.16. The Balaban J connectivity index is 0.00000264. The van der Waals surface area contributed by atoms with Crippen molar-refractivity contribution >= 4 is 41.5 Å². The van der Waals surface area contributed by atoms with Crippen LogP contribution in [0.15, 0.2) is 29.3 Å². The number of nitrogens with zero attached hydrogens (tertiary/aromatic N) is 2. The second kappa shape index (κ2) is 10.5. The zero-order valence-corrected chi connectivity index (χ0v) is 16.3. The molecule has 0 unspecified atom stereocenters. The summed E-state index contributed by atoms with van der Waals surface area (Å²) in [4.78, 5) is 18.2. The third-order valence-corrected chi connectivity index (χ3v) is 3.63. The van der Waals surface area contributed by atoms with Gasteiger partial charge in [0.1, 0.15) is 0 Å². The summed E-state index contributed by atoms with van der Waals surface area (Å²) in [7, 11) is 0. The number of carbonyl (C=O) groups excluding carboxylic acids is 1. The fraction of sp³-hybridized carbons (Fsp3) is 0.529. The van der Waals surface area contributed by atoms with Crippen molar-refractivity contribution < 1.29 is 4.79 Å². The van der Waals surface area contributed by atoms with Gasteiger partial charge in [-0.25, -0.2) is 4.99 Å². The standard InChI is InChI=1S/C17H26N4O.HI/c1-3-11-19-17(18-4-2)20-13-14-7-9-15(10-8-14)21-12-5-6-16(21)22;/h7-10H,3-6,11-13H2,1-2H3,(H2,18,19,20);1H. The van der Waals surface area contributed by atoms with Crippen LogP contribution in [0.1, 0.15) is 38.7 Å². The molecule has 0 aliphatic carbocycles. The van der Waals surface area contributed by atoms with Crippen molar-refractivity contribution in [2.45, 2.75) is 39.7 Å². The van der Waals surface area contributed by atoms with E-state index in [1.54, 1.807) is 0 Å². The highest BCUT2D eigenvalue weighted by molar-refractivity contribution is 14.0. The summed E-state index contributed by atoms with van der Waals surface area (Å²) in [6.45, 7) is 7.43. The number of anilines is 1. The van der Waals surface area contributed by atoms with Crippen LogP contribution in [0.3, 0.4) is 0 Å². The Morgan fingerprint density at radius 3 is 2.52 bits per heavy atom. The normalized spacial score (nSPS) is 14.6. The summed E-state index contributed by atoms with van der Waals surface area (Å²) in [5, 5.41) is 6.52. The molecule has 0 atom stereocenters. The van der Waals surface area contributed by atoms with E-state index in [0.717, 1.165) is 49.7 Å². The summed E-state index contributed by atoms with van der Waals surface area (Å²) in [5.41, 5.74) is 2.13. The van der Waals surface area contributed by atoms with E-state index in [-0.39, 0.29) is 29.9 Å². The van der Waals surface area contributed by atoms with Gasteiger partial charge in [0.15, 0.2) is 5.96 Å². The van der Waals surface area contributed by atoms with Crippen molar-refractivity contribution in [3.63, 3.8) is 0 Å². The molecule has 1 aliphatic rings. The molecule has 2 N–H and O–H groups in total. The summed E-state index contributed by atoms with van der Waals surface area (Å²) in [5.74, 6) is 1.08. The number of guanidine groups is 1. The lowest BCUT2D eigenvalue weighted by Crippen LogP contribution is -2.37. The quantitative estimate of drug-likeness (QED) is 0.415. The van der Waals surface area contributed by atoms with Gasteiger partial charge in [0.2, 0.25) is 5.91 Å². The highest BCUT2D eigenvalue weighted by Crippen LogP contribution is 2.21. The molecular weight excluding hydrogens is 403 g/mol. The van der Waals surface area contributed by atoms with Crippen LogP contribution in [0, 0.1) is 0 Å². The predicted molar refractivity (Wildman–Crippen MR) is 107 cm³/mol. The number of carbonyl (C=O) groups is 1. The maximum Gasteiger partial charge on any atom is 0.227 e. The van der Waals surface area contributed by atoms with E-state index in [0.29, 0.717) is 13.0 Å². The third kappa shape index (κ3) is 6.01. The maximum atomic E-state index is 11.7. The van der Waals surface area contributed by atoms with E-state index in [1.807, 2.05) is 29.2 Å². The first-order chi connectivity index (χ1) is 10.7. The summed E-state index contributed by atoms with van der Waals surface area (Å²) in [6.07, 6.45) is 2.70. The Hall–Kier alpha value is -1.31. The fourth-order valence-electron chi connectivity index (χ4n) is 2.46. The zero-order chi connectivity index (χ0) is 15.8. The fourth-order valence-corrected chi connectivity index (χ4v) is 2.46. The van der Waals surface area contributed by atoms with Crippen LogP contribution >= 0.6 is 24.0 Å². The first kappa shape index (κ1) is 19.7. The van der Waals surface area contributed by atoms with Crippen LogP contribution in [0.25, 0.3) is 0 Å². The molecule has 5 nitrogen and oxygen atoms in total. The Bertz CT molecular complexity index is 516. The Labute approximate surface area is 156 Å². The van der Waals surface area contributed by atoms with Crippen molar-refractivity contribution in [3.8, 4) is 0 Å². The van der Waals surface area contributed by atoms with Crippen molar-refractivity contribution in [1.29, 1.82) is 0 Å². The second-order valence-corrected chi connectivity index (χ2v) is 5.44. The van der Waals surface area contributed by atoms with Crippen molar-refractivity contribution in [2.24, 2.45) is 4.99 Å². The molecular formula is C17H27IN4O. The molecule has 1 aromatic carbocycles. The molecule has 128 valence electrons. The monoisotopic (exact) mass is 430 g/mol. The summed E-state index contributed by atoms with van der Waals surface area (Å²) >= 11 is 0. The Kier molecular flexibility index (Phi) is 8.98. The van der Waals surface area contributed by atoms with Gasteiger partial charge in [-0.1, -0.05) is 19.1 Å². The molecule has 1 aliphatic heterocycles. The molecule has 1 amide bonds. The molecule has 0 spiro atoms. The molecule has 0 bridgehead atoms. The van der Waals surface area contributed by atoms with Crippen LogP contribution in [-0.2, 0) is 11.3 Å². The number of rotatable bonds is 6. The smallest absolute Gasteiger partial charge is 0.227 e. The maximum absolute atomic E-state index is 11.7. The molecule has 1 aromatic rings. The van der Waals surface area contributed by atoms with Gasteiger partial charge in [0, 0.05) is 31.7 Å². The van der Waals surface area contributed by atoms with Crippen LogP contribution in [0.5, 0.6) is 0 Å². The summed E-state index contributed by atoms with van der Waals surface area (Å²) in [6, 6.07) is 8.13. The van der Waals surface area contributed by atoms with Crippen LogP contribution in [0.4, 0.5) is 5.69 Å². The van der Waals surface area contributed by atoms with Gasteiger partial charge in [-0.15, -0.1) is 24.0 Å². The minimum absolute atomic E-state index is 0. The van der Waals surface area contributed by atoms with E-state index in [9.17, 15) is 4.79 Å². The number of hydrogen-bond donors (Lipinski definition) is 2. The minimum Gasteiger partial charge on any atom is -0.357 e. The van der Waals surface area contributed by atoms with E-state index < -0.39 is 0 Å². The topological polar surface area (TPSA) is 56.7 Å². The van der Waals surface area contributed by atoms with Crippen LogP contribution in [0.2, 0.25) is 0 Å². The van der Waals surface area contributed by atoms with Crippen LogP contribution < -0.4 is 15.5 Å². The number of amides is 1. The first-order valence-corrected chi connectivity index (χ1v) is 8.16. The lowest BCUT2D eigenvalue weighted by molar-refractivity contribution is -0.117. The van der Waals surface area contributed by atoms with E-state index in [2.05, 4.69) is 29.5 Å². The average molecular weight is 430 g/mol. The largest absolute Gasteiger partial charge is 0.357 e. The van der Waals surface area contributed by atoms with Crippen molar-refractivity contribution in [1.82, 2.24) is 10.6 Å². The number of aliphatic imine (C=N–C) groups is 1. The van der Waals surface area contributed by atoms with Crippen molar-refractivity contribution in [3.05, 3.63) is 29.8 Å². The Morgan fingerprint density at radius 2 is 1.96 bits per heavy atom. The number of nitrogens with one attached hydrogen (secondary N) is 2. The minimum atomic E-state index is 0. The van der Waals surface area contributed by atoms with Crippen molar-refractivity contribution in [2.75, 3.05) is 24.5 Å². The molecule has 2 rings (SSSR count). The zero-order valence-electron chi connectivity index (χ0n) is 14.0. The second-order valence-electron chi connectivity index (χ2n) is 5.44. The molecule has 0 saturated carbocycles. The number of hydrogen-bond acceptors (Lipinski definition) is 2. The average Bonchev–Trinajstić information content (AvgIpc) is 2.97. The molecule has 1 fully saturated rings. The lowest BCUT2D eigenvalue weighted by Gasteiger charge is -2.15. The summed E-state index contributed by atoms with van der Waals surface area (Å²) < 4.78 is 0. The lowest BCUT2D eigenvalue weighted by atomic mass is 10.2. The van der Waals surface area contributed by atoms with Gasteiger partial charge < -0.3 is 15.5 Å². The Morgan fingerprint density at radius 1 is 1.22 bits per heavy atom. The van der Waals surface area contributed by atoms with Gasteiger partial charge in [-0.05, 0) is 37.5 Å².